The molecule has 1 saturated heterocycles. The predicted octanol–water partition coefficient (Wildman–Crippen LogP) is 1.97. The van der Waals surface area contributed by atoms with Crippen molar-refractivity contribution in [3.05, 3.63) is 17.0 Å². The van der Waals surface area contributed by atoms with Gasteiger partial charge in [-0.2, -0.15) is 5.10 Å². The first-order valence-corrected chi connectivity index (χ1v) is 9.32. The number of nitrogens with one attached hydrogen (secondary N) is 2. The molecular formula is C18H34N6. The highest BCUT2D eigenvalue weighted by Gasteiger charge is 2.20. The van der Waals surface area contributed by atoms with E-state index < -0.39 is 0 Å². The van der Waals surface area contributed by atoms with Gasteiger partial charge in [-0.05, 0) is 46.7 Å². The van der Waals surface area contributed by atoms with Crippen molar-refractivity contribution in [2.75, 3.05) is 26.2 Å². The molecule has 6 nitrogen and oxygen atoms in total. The Morgan fingerprint density at radius 2 is 2.04 bits per heavy atom. The standard InChI is InChI=1S/C18H34N6/c1-6-19-18(20-12-16-10-8-9-11-24(16)7-2)21-13-17-14(3)22-23(5)15(17)4/h16H,6-13H2,1-5H3,(H2,19,20,21). The van der Waals surface area contributed by atoms with Gasteiger partial charge in [0.15, 0.2) is 5.96 Å². The van der Waals surface area contributed by atoms with Crippen LogP contribution in [0.1, 0.15) is 50.1 Å². The monoisotopic (exact) mass is 334 g/mol. The van der Waals surface area contributed by atoms with Crippen LogP contribution in [0.2, 0.25) is 0 Å². The Bertz CT molecular complexity index is 548. The van der Waals surface area contributed by atoms with Gasteiger partial charge in [0.05, 0.1) is 12.2 Å². The normalized spacial score (nSPS) is 19.5. The predicted molar refractivity (Wildman–Crippen MR) is 100 cm³/mol. The maximum Gasteiger partial charge on any atom is 0.191 e. The van der Waals surface area contributed by atoms with Crippen LogP contribution in [-0.4, -0.2) is 52.9 Å². The van der Waals surface area contributed by atoms with Gasteiger partial charge in [-0.3, -0.25) is 9.58 Å². The average Bonchev–Trinajstić information content (AvgIpc) is 2.83. The summed E-state index contributed by atoms with van der Waals surface area (Å²) in [6.07, 6.45) is 3.95. The van der Waals surface area contributed by atoms with Crippen molar-refractivity contribution in [3.63, 3.8) is 0 Å². The maximum atomic E-state index is 4.78. The van der Waals surface area contributed by atoms with E-state index in [1.807, 2.05) is 11.7 Å². The summed E-state index contributed by atoms with van der Waals surface area (Å²) in [7, 11) is 1.99. The number of aryl methyl sites for hydroxylation is 2. The molecule has 2 N–H and O–H groups in total. The van der Waals surface area contributed by atoms with Crippen LogP contribution < -0.4 is 10.6 Å². The van der Waals surface area contributed by atoms with Crippen LogP contribution in [0.3, 0.4) is 0 Å². The molecular weight excluding hydrogens is 300 g/mol. The zero-order valence-electron chi connectivity index (χ0n) is 16.0. The first-order valence-electron chi connectivity index (χ1n) is 9.32. The fraction of sp³-hybridized carbons (Fsp3) is 0.778. The number of hydrogen-bond acceptors (Lipinski definition) is 3. The van der Waals surface area contributed by atoms with Crippen molar-refractivity contribution in [1.29, 1.82) is 0 Å². The summed E-state index contributed by atoms with van der Waals surface area (Å²) in [6, 6.07) is 0.620. The second-order valence-electron chi connectivity index (χ2n) is 6.63. The molecule has 1 fully saturated rings. The van der Waals surface area contributed by atoms with Crippen LogP contribution in [0, 0.1) is 13.8 Å². The Kier molecular flexibility index (Phi) is 7.09. The lowest BCUT2D eigenvalue weighted by molar-refractivity contribution is 0.157. The van der Waals surface area contributed by atoms with Crippen molar-refractivity contribution in [3.8, 4) is 0 Å². The van der Waals surface area contributed by atoms with Crippen LogP contribution in [0.25, 0.3) is 0 Å². The molecule has 1 aromatic heterocycles. The molecule has 24 heavy (non-hydrogen) atoms. The molecule has 136 valence electrons. The van der Waals surface area contributed by atoms with Gasteiger partial charge in [-0.1, -0.05) is 13.3 Å². The molecule has 1 atom stereocenters. The number of guanidine groups is 1. The summed E-state index contributed by atoms with van der Waals surface area (Å²) in [6.45, 7) is 13.4. The molecule has 1 aliphatic rings. The lowest BCUT2D eigenvalue weighted by Gasteiger charge is -2.35. The second-order valence-corrected chi connectivity index (χ2v) is 6.63. The van der Waals surface area contributed by atoms with E-state index in [4.69, 9.17) is 4.99 Å². The molecule has 0 amide bonds. The molecule has 1 aliphatic heterocycles. The van der Waals surface area contributed by atoms with Gasteiger partial charge in [-0.15, -0.1) is 0 Å². The van der Waals surface area contributed by atoms with Crippen molar-refractivity contribution in [1.82, 2.24) is 25.3 Å². The van der Waals surface area contributed by atoms with E-state index in [-0.39, 0.29) is 0 Å². The van der Waals surface area contributed by atoms with Gasteiger partial charge in [0.25, 0.3) is 0 Å². The zero-order chi connectivity index (χ0) is 17.5. The highest BCUT2D eigenvalue weighted by Crippen LogP contribution is 2.16. The largest absolute Gasteiger partial charge is 0.357 e. The number of aromatic nitrogens is 2. The van der Waals surface area contributed by atoms with Gasteiger partial charge in [0.2, 0.25) is 0 Å². The lowest BCUT2D eigenvalue weighted by atomic mass is 10.0. The topological polar surface area (TPSA) is 57.5 Å². The van der Waals surface area contributed by atoms with Crippen LogP contribution in [-0.2, 0) is 13.6 Å². The van der Waals surface area contributed by atoms with Gasteiger partial charge in [0.1, 0.15) is 0 Å². The number of likely N-dealkylation sites (tertiary alicyclic amines) is 1. The molecule has 0 aliphatic carbocycles. The number of nitrogens with zero attached hydrogens (tertiary/aromatic N) is 4. The van der Waals surface area contributed by atoms with E-state index in [1.165, 1.54) is 37.1 Å². The minimum Gasteiger partial charge on any atom is -0.357 e. The average molecular weight is 335 g/mol. The molecule has 0 aromatic carbocycles. The number of piperidine rings is 1. The van der Waals surface area contributed by atoms with Gasteiger partial charge in [0, 0.05) is 37.4 Å². The van der Waals surface area contributed by atoms with Gasteiger partial charge in [-0.25, -0.2) is 4.99 Å². The smallest absolute Gasteiger partial charge is 0.191 e. The van der Waals surface area contributed by atoms with E-state index in [0.29, 0.717) is 12.6 Å². The van der Waals surface area contributed by atoms with Crippen LogP contribution >= 0.6 is 0 Å². The minimum atomic E-state index is 0.620. The summed E-state index contributed by atoms with van der Waals surface area (Å²) in [4.78, 5) is 7.36. The van der Waals surface area contributed by atoms with Crippen LogP contribution in [0.4, 0.5) is 0 Å². The molecule has 0 bridgehead atoms. The third-order valence-corrected chi connectivity index (χ3v) is 5.06. The Labute approximate surface area is 146 Å². The van der Waals surface area contributed by atoms with Crippen molar-refractivity contribution in [2.24, 2.45) is 12.0 Å². The summed E-state index contributed by atoms with van der Waals surface area (Å²) in [5.74, 6) is 0.904. The molecule has 0 spiro atoms. The zero-order valence-corrected chi connectivity index (χ0v) is 16.0. The summed E-state index contributed by atoms with van der Waals surface area (Å²) < 4.78 is 1.93. The van der Waals surface area contributed by atoms with Crippen molar-refractivity contribution in [2.45, 2.75) is 59.5 Å². The van der Waals surface area contributed by atoms with Gasteiger partial charge >= 0.3 is 0 Å². The third-order valence-electron chi connectivity index (χ3n) is 5.06. The number of aliphatic imine (C=N–C) groups is 1. The molecule has 2 heterocycles. The number of hydrogen-bond donors (Lipinski definition) is 2. The van der Waals surface area contributed by atoms with E-state index in [0.717, 1.165) is 31.3 Å². The van der Waals surface area contributed by atoms with Crippen LogP contribution in [0.5, 0.6) is 0 Å². The fourth-order valence-corrected chi connectivity index (χ4v) is 3.47. The Morgan fingerprint density at radius 3 is 2.67 bits per heavy atom. The van der Waals surface area contributed by atoms with E-state index >= 15 is 0 Å². The lowest BCUT2D eigenvalue weighted by Crippen LogP contribution is -2.49. The Balaban J connectivity index is 1.97. The maximum absolute atomic E-state index is 4.78. The first-order chi connectivity index (χ1) is 11.6. The van der Waals surface area contributed by atoms with Crippen molar-refractivity contribution < 1.29 is 0 Å². The molecule has 2 rings (SSSR count). The van der Waals surface area contributed by atoms with E-state index in [2.05, 4.69) is 48.3 Å². The quantitative estimate of drug-likeness (QED) is 0.617. The highest BCUT2D eigenvalue weighted by molar-refractivity contribution is 5.79. The van der Waals surface area contributed by atoms with Crippen LogP contribution in [0.15, 0.2) is 4.99 Å². The molecule has 1 aromatic rings. The summed E-state index contributed by atoms with van der Waals surface area (Å²) in [5, 5.41) is 11.4. The first kappa shape index (κ1) is 18.8. The molecule has 6 heteroatoms. The highest BCUT2D eigenvalue weighted by atomic mass is 15.3. The third kappa shape index (κ3) is 4.72. The summed E-state index contributed by atoms with van der Waals surface area (Å²) >= 11 is 0. The SMILES string of the molecule is CCNC(=NCc1c(C)nn(C)c1C)NCC1CCCCN1CC. The number of likely N-dealkylation sites (N-methyl/N-ethyl adjacent to an activating group) is 1. The van der Waals surface area contributed by atoms with E-state index in [9.17, 15) is 0 Å². The molecule has 0 saturated carbocycles. The summed E-state index contributed by atoms with van der Waals surface area (Å²) in [5.41, 5.74) is 3.48. The number of rotatable bonds is 6. The second kappa shape index (κ2) is 9.06. The molecule has 0 radical (unpaired) electrons. The Morgan fingerprint density at radius 1 is 1.25 bits per heavy atom. The van der Waals surface area contributed by atoms with Gasteiger partial charge < -0.3 is 10.6 Å². The Hall–Kier alpha value is -1.56. The van der Waals surface area contributed by atoms with Crippen molar-refractivity contribution >= 4 is 5.96 Å². The molecule has 1 unspecified atom stereocenters. The van der Waals surface area contributed by atoms with E-state index in [1.54, 1.807) is 0 Å². The fourth-order valence-electron chi connectivity index (χ4n) is 3.47. The minimum absolute atomic E-state index is 0.620.